The molecular formula is C12H23NO3. The van der Waals surface area contributed by atoms with Crippen LogP contribution < -0.4 is 5.32 Å². The van der Waals surface area contributed by atoms with Crippen molar-refractivity contribution >= 4 is 5.91 Å². The minimum absolute atomic E-state index is 0.0310. The summed E-state index contributed by atoms with van der Waals surface area (Å²) in [6.45, 7) is 9.49. The van der Waals surface area contributed by atoms with E-state index in [9.17, 15) is 9.90 Å². The fourth-order valence-electron chi connectivity index (χ4n) is 1.56. The van der Waals surface area contributed by atoms with Gasteiger partial charge in [-0.25, -0.2) is 0 Å². The highest BCUT2D eigenvalue weighted by Gasteiger charge is 2.39. The lowest BCUT2D eigenvalue weighted by atomic mass is 9.85. The van der Waals surface area contributed by atoms with Crippen molar-refractivity contribution in [3.8, 4) is 0 Å². The molecule has 1 heterocycles. The third kappa shape index (κ3) is 2.95. The normalized spacial score (nSPS) is 26.9. The number of nitrogens with one attached hydrogen (secondary N) is 1. The van der Waals surface area contributed by atoms with Gasteiger partial charge in [-0.15, -0.1) is 0 Å². The van der Waals surface area contributed by atoms with Gasteiger partial charge in [-0.1, -0.05) is 0 Å². The molecule has 4 heteroatoms. The van der Waals surface area contributed by atoms with E-state index in [0.717, 1.165) is 6.42 Å². The van der Waals surface area contributed by atoms with Crippen LogP contribution in [0.4, 0.5) is 0 Å². The Labute approximate surface area is 97.4 Å². The molecule has 0 spiro atoms. The van der Waals surface area contributed by atoms with Crippen LogP contribution in [0.25, 0.3) is 0 Å². The van der Waals surface area contributed by atoms with E-state index in [-0.39, 0.29) is 17.9 Å². The molecule has 0 radical (unpaired) electrons. The van der Waals surface area contributed by atoms with E-state index in [0.29, 0.717) is 6.61 Å². The van der Waals surface area contributed by atoms with Gasteiger partial charge in [-0.3, -0.25) is 4.79 Å². The Morgan fingerprint density at radius 2 is 1.94 bits per heavy atom. The topological polar surface area (TPSA) is 58.6 Å². The third-order valence-electron chi connectivity index (χ3n) is 3.53. The summed E-state index contributed by atoms with van der Waals surface area (Å²) in [4.78, 5) is 12.0. The summed E-state index contributed by atoms with van der Waals surface area (Å²) in [7, 11) is 0. The Morgan fingerprint density at radius 1 is 1.38 bits per heavy atom. The predicted octanol–water partition coefficient (Wildman–Crippen LogP) is 1.08. The van der Waals surface area contributed by atoms with E-state index in [2.05, 4.69) is 5.32 Å². The molecule has 1 rings (SSSR count). The second-order valence-electron chi connectivity index (χ2n) is 5.75. The van der Waals surface area contributed by atoms with Crippen molar-refractivity contribution in [3.05, 3.63) is 0 Å². The smallest absolute Gasteiger partial charge is 0.226 e. The highest BCUT2D eigenvalue weighted by molar-refractivity contribution is 5.80. The van der Waals surface area contributed by atoms with Crippen molar-refractivity contribution in [2.45, 2.75) is 58.3 Å². The van der Waals surface area contributed by atoms with Gasteiger partial charge in [0.2, 0.25) is 5.91 Å². The van der Waals surface area contributed by atoms with Crippen molar-refractivity contribution in [2.24, 2.45) is 5.92 Å². The van der Waals surface area contributed by atoms with Gasteiger partial charge in [0.1, 0.15) is 0 Å². The minimum atomic E-state index is -0.951. The van der Waals surface area contributed by atoms with Crippen molar-refractivity contribution in [3.63, 3.8) is 0 Å². The van der Waals surface area contributed by atoms with Crippen LogP contribution in [-0.2, 0) is 9.53 Å². The fourth-order valence-corrected chi connectivity index (χ4v) is 1.56. The summed E-state index contributed by atoms with van der Waals surface area (Å²) in [6, 6.07) is 0. The lowest BCUT2D eigenvalue weighted by molar-refractivity contribution is -0.130. The van der Waals surface area contributed by atoms with Crippen molar-refractivity contribution in [1.29, 1.82) is 0 Å². The Balaban J connectivity index is 2.58. The van der Waals surface area contributed by atoms with E-state index in [4.69, 9.17) is 4.74 Å². The second-order valence-corrected chi connectivity index (χ2v) is 5.75. The predicted molar refractivity (Wildman–Crippen MR) is 62.0 cm³/mol. The van der Waals surface area contributed by atoms with Crippen LogP contribution in [0.2, 0.25) is 0 Å². The third-order valence-corrected chi connectivity index (χ3v) is 3.53. The number of rotatable bonds is 3. The van der Waals surface area contributed by atoms with Gasteiger partial charge in [0.15, 0.2) is 0 Å². The van der Waals surface area contributed by atoms with E-state index < -0.39 is 11.1 Å². The quantitative estimate of drug-likeness (QED) is 0.761. The van der Waals surface area contributed by atoms with E-state index in [1.165, 1.54) is 0 Å². The molecule has 1 fully saturated rings. The molecule has 94 valence electrons. The lowest BCUT2D eigenvalue weighted by Gasteiger charge is -2.38. The van der Waals surface area contributed by atoms with Gasteiger partial charge >= 0.3 is 0 Å². The molecule has 2 N–H and O–H groups in total. The standard InChI is InChI=1S/C12H23NO3/c1-8-6-9(7-16-8)10(14)13-11(2,3)12(4,5)15/h8-9,15H,6-7H2,1-5H3,(H,13,14). The molecule has 4 nitrogen and oxygen atoms in total. The fraction of sp³-hybridized carbons (Fsp3) is 0.917. The largest absolute Gasteiger partial charge is 0.388 e. The van der Waals surface area contributed by atoms with E-state index >= 15 is 0 Å². The zero-order valence-corrected chi connectivity index (χ0v) is 10.8. The van der Waals surface area contributed by atoms with Crippen LogP contribution in [0.3, 0.4) is 0 Å². The highest BCUT2D eigenvalue weighted by Crippen LogP contribution is 2.24. The molecule has 1 saturated heterocycles. The first-order valence-electron chi connectivity index (χ1n) is 5.79. The second kappa shape index (κ2) is 4.34. The average Bonchev–Trinajstić information content (AvgIpc) is 2.48. The molecule has 0 aromatic carbocycles. The lowest BCUT2D eigenvalue weighted by Crippen LogP contribution is -2.58. The van der Waals surface area contributed by atoms with Crippen LogP contribution in [0.1, 0.15) is 41.0 Å². The molecule has 2 atom stereocenters. The maximum atomic E-state index is 12.0. The van der Waals surface area contributed by atoms with Gasteiger partial charge in [-0.2, -0.15) is 0 Å². The maximum Gasteiger partial charge on any atom is 0.226 e. The first kappa shape index (κ1) is 13.5. The monoisotopic (exact) mass is 229 g/mol. The zero-order chi connectivity index (χ0) is 12.6. The Hall–Kier alpha value is -0.610. The summed E-state index contributed by atoms with van der Waals surface area (Å²) in [5.41, 5.74) is -1.59. The molecule has 1 amide bonds. The van der Waals surface area contributed by atoms with Crippen LogP contribution in [0.15, 0.2) is 0 Å². The summed E-state index contributed by atoms with van der Waals surface area (Å²) in [5.74, 6) is -0.117. The van der Waals surface area contributed by atoms with Crippen molar-refractivity contribution < 1.29 is 14.6 Å². The molecule has 0 aliphatic carbocycles. The maximum absolute atomic E-state index is 12.0. The molecule has 16 heavy (non-hydrogen) atoms. The van der Waals surface area contributed by atoms with Gasteiger partial charge in [0.05, 0.1) is 29.8 Å². The van der Waals surface area contributed by atoms with Crippen molar-refractivity contribution in [2.75, 3.05) is 6.61 Å². The average molecular weight is 229 g/mol. The van der Waals surface area contributed by atoms with Crippen LogP contribution in [-0.4, -0.2) is 34.9 Å². The molecule has 1 aliphatic heterocycles. The number of amides is 1. The molecular weight excluding hydrogens is 206 g/mol. The van der Waals surface area contributed by atoms with Gasteiger partial charge < -0.3 is 15.2 Å². The van der Waals surface area contributed by atoms with E-state index in [1.54, 1.807) is 13.8 Å². The first-order chi connectivity index (χ1) is 7.13. The van der Waals surface area contributed by atoms with Gasteiger partial charge in [0.25, 0.3) is 0 Å². The first-order valence-corrected chi connectivity index (χ1v) is 5.79. The molecule has 0 aromatic rings. The molecule has 2 unspecified atom stereocenters. The highest BCUT2D eigenvalue weighted by atomic mass is 16.5. The number of aliphatic hydroxyl groups is 1. The number of ether oxygens (including phenoxy) is 1. The summed E-state index contributed by atoms with van der Waals surface area (Å²) >= 11 is 0. The zero-order valence-electron chi connectivity index (χ0n) is 10.8. The van der Waals surface area contributed by atoms with Gasteiger partial charge in [0, 0.05) is 0 Å². The summed E-state index contributed by atoms with van der Waals surface area (Å²) < 4.78 is 5.36. The molecule has 0 saturated carbocycles. The number of hydrogen-bond acceptors (Lipinski definition) is 3. The van der Waals surface area contributed by atoms with Gasteiger partial charge in [-0.05, 0) is 41.0 Å². The van der Waals surface area contributed by atoms with Crippen molar-refractivity contribution in [1.82, 2.24) is 5.32 Å². The Bertz CT molecular complexity index is 268. The SMILES string of the molecule is CC1CC(C(=O)NC(C)(C)C(C)(C)O)CO1. The summed E-state index contributed by atoms with van der Waals surface area (Å²) in [5, 5.41) is 12.8. The Kier molecular flexibility index (Phi) is 3.65. The van der Waals surface area contributed by atoms with Crippen LogP contribution >= 0.6 is 0 Å². The molecule has 0 aromatic heterocycles. The number of carbonyl (C=O) groups excluding carboxylic acids is 1. The van der Waals surface area contributed by atoms with E-state index in [1.807, 2.05) is 20.8 Å². The molecule has 1 aliphatic rings. The molecule has 0 bridgehead atoms. The van der Waals surface area contributed by atoms with Crippen LogP contribution in [0, 0.1) is 5.92 Å². The number of hydrogen-bond donors (Lipinski definition) is 2. The Morgan fingerprint density at radius 3 is 2.31 bits per heavy atom. The minimum Gasteiger partial charge on any atom is -0.388 e. The summed E-state index contributed by atoms with van der Waals surface area (Å²) in [6.07, 6.45) is 0.911. The van der Waals surface area contributed by atoms with Crippen LogP contribution in [0.5, 0.6) is 0 Å². The number of carbonyl (C=O) groups is 1.